The number of amides is 1. The van der Waals surface area contributed by atoms with Gasteiger partial charge in [0.05, 0.1) is 11.4 Å². The van der Waals surface area contributed by atoms with Gasteiger partial charge in [-0.05, 0) is 49.4 Å². The molecule has 2 N–H and O–H groups in total. The monoisotopic (exact) mass is 543 g/mol. The van der Waals surface area contributed by atoms with Crippen molar-refractivity contribution in [3.8, 4) is 0 Å². The smallest absolute Gasteiger partial charge is 0.475 e. The molecule has 0 aromatic heterocycles. The van der Waals surface area contributed by atoms with Crippen LogP contribution >= 0.6 is 0 Å². The lowest BCUT2D eigenvalue weighted by Crippen LogP contribution is -2.50. The average molecular weight is 544 g/mol. The molecule has 1 amide bonds. The van der Waals surface area contributed by atoms with E-state index in [1.165, 1.54) is 4.31 Å². The normalized spacial score (nSPS) is 14.2. The molecule has 2 aromatic carbocycles. The van der Waals surface area contributed by atoms with Crippen molar-refractivity contribution in [3.05, 3.63) is 65.2 Å². The summed E-state index contributed by atoms with van der Waals surface area (Å²) in [6, 6.07) is 15.4. The van der Waals surface area contributed by atoms with Gasteiger partial charge in [-0.2, -0.15) is 17.5 Å². The molecule has 1 heterocycles. The second kappa shape index (κ2) is 13.5. The summed E-state index contributed by atoms with van der Waals surface area (Å²) < 4.78 is 60.1. The van der Waals surface area contributed by atoms with Crippen LogP contribution in [-0.4, -0.2) is 80.1 Å². The van der Waals surface area contributed by atoms with E-state index in [0.717, 1.165) is 30.6 Å². The lowest BCUT2D eigenvalue weighted by molar-refractivity contribution is -0.192. The van der Waals surface area contributed by atoms with Gasteiger partial charge >= 0.3 is 12.1 Å². The number of sulfonamides is 1. The number of benzene rings is 2. The molecule has 0 spiro atoms. The number of aliphatic carboxylic acids is 1. The van der Waals surface area contributed by atoms with E-state index >= 15 is 0 Å². The molecule has 1 aliphatic heterocycles. The standard InChI is InChI=1S/C23H31N3O3S.C2HF3O2/c1-19-10-11-20(2)22(17-19)30(28,29)26(14-6-9-21-7-4-3-5-8-21)18-23(27)25-15-12-24-13-16-25;3-2(4,5)1(6)7/h3-5,7-8,10-11,17,24H,6,9,12-16,18H2,1-2H3;(H,6,7). The lowest BCUT2D eigenvalue weighted by Gasteiger charge is -2.30. The van der Waals surface area contributed by atoms with Crippen LogP contribution in [0.25, 0.3) is 0 Å². The second-order valence-electron chi connectivity index (χ2n) is 8.63. The summed E-state index contributed by atoms with van der Waals surface area (Å²) in [6.45, 7) is 6.57. The molecule has 1 aliphatic rings. The molecular weight excluding hydrogens is 511 g/mol. The van der Waals surface area contributed by atoms with Gasteiger partial charge in [-0.25, -0.2) is 13.2 Å². The number of hydrogen-bond acceptors (Lipinski definition) is 5. The number of hydrogen-bond donors (Lipinski definition) is 2. The Labute approximate surface area is 215 Å². The van der Waals surface area contributed by atoms with Crippen molar-refractivity contribution in [2.75, 3.05) is 39.3 Å². The number of carbonyl (C=O) groups excluding carboxylic acids is 1. The van der Waals surface area contributed by atoms with Crippen LogP contribution in [0.1, 0.15) is 23.1 Å². The molecule has 1 fully saturated rings. The maximum absolute atomic E-state index is 13.5. The number of nitrogens with zero attached hydrogens (tertiary/aromatic N) is 2. The van der Waals surface area contributed by atoms with E-state index in [9.17, 15) is 26.4 Å². The topological polar surface area (TPSA) is 107 Å². The summed E-state index contributed by atoms with van der Waals surface area (Å²) in [5.74, 6) is -2.89. The minimum atomic E-state index is -5.08. The Morgan fingerprint density at radius 2 is 1.65 bits per heavy atom. The van der Waals surface area contributed by atoms with Crippen molar-refractivity contribution >= 4 is 21.9 Å². The molecule has 8 nitrogen and oxygen atoms in total. The number of aryl methyl sites for hydroxylation is 3. The quantitative estimate of drug-likeness (QED) is 0.530. The maximum atomic E-state index is 13.5. The number of alkyl halides is 3. The van der Waals surface area contributed by atoms with Crippen LogP contribution in [0.15, 0.2) is 53.4 Å². The maximum Gasteiger partial charge on any atom is 0.490 e. The van der Waals surface area contributed by atoms with Gasteiger partial charge in [0.2, 0.25) is 15.9 Å². The van der Waals surface area contributed by atoms with Gasteiger partial charge in [-0.15, -0.1) is 0 Å². The molecule has 1 saturated heterocycles. The highest BCUT2D eigenvalue weighted by Gasteiger charge is 2.38. The van der Waals surface area contributed by atoms with Crippen LogP contribution in [0, 0.1) is 13.8 Å². The van der Waals surface area contributed by atoms with Crippen molar-refractivity contribution in [3.63, 3.8) is 0 Å². The highest BCUT2D eigenvalue weighted by molar-refractivity contribution is 7.89. The number of carboxylic acid groups (broad SMARTS) is 1. The van der Waals surface area contributed by atoms with Crippen molar-refractivity contribution in [2.45, 2.75) is 37.8 Å². The zero-order valence-electron chi connectivity index (χ0n) is 20.8. The van der Waals surface area contributed by atoms with Gasteiger partial charge in [0.25, 0.3) is 0 Å². The van der Waals surface area contributed by atoms with E-state index < -0.39 is 22.2 Å². The minimum Gasteiger partial charge on any atom is -0.475 e. The van der Waals surface area contributed by atoms with E-state index in [0.29, 0.717) is 31.6 Å². The first-order chi connectivity index (χ1) is 17.3. The van der Waals surface area contributed by atoms with E-state index in [1.54, 1.807) is 17.9 Å². The Balaban J connectivity index is 0.000000604. The molecule has 2 aromatic rings. The SMILES string of the molecule is Cc1ccc(C)c(S(=O)(=O)N(CCCc2ccccc2)CC(=O)N2CCNCC2)c1.O=C(O)C(F)(F)F. The van der Waals surface area contributed by atoms with Gasteiger partial charge in [0.15, 0.2) is 0 Å². The summed E-state index contributed by atoms with van der Waals surface area (Å²) in [6.07, 6.45) is -3.66. The molecule has 0 atom stereocenters. The fourth-order valence-electron chi connectivity index (χ4n) is 3.68. The van der Waals surface area contributed by atoms with Gasteiger partial charge in [-0.1, -0.05) is 42.5 Å². The molecule has 0 radical (unpaired) electrons. The number of carboxylic acids is 1. The van der Waals surface area contributed by atoms with Gasteiger partial charge in [-0.3, -0.25) is 4.79 Å². The Bertz CT molecular complexity index is 1150. The number of piperazine rings is 1. The van der Waals surface area contributed by atoms with E-state index in [-0.39, 0.29) is 17.3 Å². The summed E-state index contributed by atoms with van der Waals surface area (Å²) in [4.78, 5) is 23.8. The number of carbonyl (C=O) groups is 2. The first-order valence-corrected chi connectivity index (χ1v) is 13.2. The minimum absolute atomic E-state index is 0.121. The average Bonchev–Trinajstić information content (AvgIpc) is 2.85. The molecule has 0 bridgehead atoms. The summed E-state index contributed by atoms with van der Waals surface area (Å²) >= 11 is 0. The van der Waals surface area contributed by atoms with Crippen molar-refractivity contribution in [1.82, 2.24) is 14.5 Å². The van der Waals surface area contributed by atoms with Crippen molar-refractivity contribution in [2.24, 2.45) is 0 Å². The van der Waals surface area contributed by atoms with Crippen LogP contribution in [0.3, 0.4) is 0 Å². The summed E-state index contributed by atoms with van der Waals surface area (Å²) in [7, 11) is -3.77. The number of halogens is 3. The Morgan fingerprint density at radius 3 is 2.22 bits per heavy atom. The molecule has 3 rings (SSSR count). The van der Waals surface area contributed by atoms with Crippen LogP contribution in [0.5, 0.6) is 0 Å². The van der Waals surface area contributed by atoms with Crippen LogP contribution in [-0.2, 0) is 26.0 Å². The van der Waals surface area contributed by atoms with E-state index in [4.69, 9.17) is 9.90 Å². The molecule has 204 valence electrons. The highest BCUT2D eigenvalue weighted by atomic mass is 32.2. The predicted octanol–water partition coefficient (Wildman–Crippen LogP) is 2.99. The first-order valence-electron chi connectivity index (χ1n) is 11.7. The van der Waals surface area contributed by atoms with Crippen LogP contribution in [0.2, 0.25) is 0 Å². The molecule has 12 heteroatoms. The largest absolute Gasteiger partial charge is 0.490 e. The third kappa shape index (κ3) is 9.45. The van der Waals surface area contributed by atoms with Crippen molar-refractivity contribution in [1.29, 1.82) is 0 Å². The summed E-state index contributed by atoms with van der Waals surface area (Å²) in [5.41, 5.74) is 2.75. The van der Waals surface area contributed by atoms with E-state index in [2.05, 4.69) is 5.32 Å². The molecule has 0 unspecified atom stereocenters. The Kier molecular flexibility index (Phi) is 11.1. The second-order valence-corrected chi connectivity index (χ2v) is 10.5. The number of nitrogens with one attached hydrogen (secondary N) is 1. The number of rotatable bonds is 8. The lowest BCUT2D eigenvalue weighted by atomic mass is 10.1. The zero-order valence-corrected chi connectivity index (χ0v) is 21.6. The zero-order chi connectivity index (χ0) is 27.6. The Hall–Kier alpha value is -2.96. The Morgan fingerprint density at radius 1 is 1.05 bits per heavy atom. The van der Waals surface area contributed by atoms with Gasteiger partial charge in [0, 0.05) is 32.7 Å². The summed E-state index contributed by atoms with van der Waals surface area (Å²) in [5, 5.41) is 10.3. The fourth-order valence-corrected chi connectivity index (χ4v) is 5.42. The third-order valence-corrected chi connectivity index (χ3v) is 7.69. The van der Waals surface area contributed by atoms with Crippen molar-refractivity contribution < 1.29 is 36.3 Å². The third-order valence-electron chi connectivity index (χ3n) is 5.70. The molecule has 37 heavy (non-hydrogen) atoms. The van der Waals surface area contributed by atoms with Crippen LogP contribution in [0.4, 0.5) is 13.2 Å². The highest BCUT2D eigenvalue weighted by Crippen LogP contribution is 2.22. The van der Waals surface area contributed by atoms with Crippen LogP contribution < -0.4 is 5.32 Å². The molecular formula is C25H32F3N3O5S. The van der Waals surface area contributed by atoms with Gasteiger partial charge < -0.3 is 15.3 Å². The predicted molar refractivity (Wildman–Crippen MR) is 133 cm³/mol. The van der Waals surface area contributed by atoms with Gasteiger partial charge in [0.1, 0.15) is 0 Å². The fraction of sp³-hybridized carbons (Fsp3) is 0.440. The molecule has 0 aliphatic carbocycles. The first kappa shape index (κ1) is 30.3. The van der Waals surface area contributed by atoms with E-state index in [1.807, 2.05) is 49.4 Å². The molecule has 0 saturated carbocycles.